The Labute approximate surface area is 79.0 Å². The molecule has 1 aromatic heterocycles. The van der Waals surface area contributed by atoms with E-state index in [2.05, 4.69) is 0 Å². The van der Waals surface area contributed by atoms with E-state index in [1.54, 1.807) is 6.92 Å². The average Bonchev–Trinajstić information content (AvgIpc) is 2.06. The van der Waals surface area contributed by atoms with Crippen molar-refractivity contribution in [3.63, 3.8) is 0 Å². The SMILES string of the molecule is CCn1cc(C)cc(C(F)(F)F)c1=O. The Kier molecular flexibility index (Phi) is 2.69. The van der Waals surface area contributed by atoms with Crippen LogP contribution in [0.1, 0.15) is 18.1 Å². The predicted molar refractivity (Wildman–Crippen MR) is 46.1 cm³/mol. The van der Waals surface area contributed by atoms with Crippen LogP contribution in [0.15, 0.2) is 17.1 Å². The van der Waals surface area contributed by atoms with E-state index >= 15 is 0 Å². The van der Waals surface area contributed by atoms with Crippen molar-refractivity contribution in [2.75, 3.05) is 0 Å². The molecule has 0 saturated heterocycles. The zero-order valence-corrected chi connectivity index (χ0v) is 7.85. The molecule has 0 aromatic carbocycles. The first-order valence-corrected chi connectivity index (χ1v) is 4.14. The third-order valence-corrected chi connectivity index (χ3v) is 1.87. The summed E-state index contributed by atoms with van der Waals surface area (Å²) in [6.45, 7) is 3.39. The van der Waals surface area contributed by atoms with Crippen LogP contribution in [0, 0.1) is 6.92 Å². The first kappa shape index (κ1) is 10.8. The van der Waals surface area contributed by atoms with Crippen LogP contribution in [0.3, 0.4) is 0 Å². The maximum atomic E-state index is 12.3. The molecular formula is C9H10F3NO. The number of hydrogen-bond acceptors (Lipinski definition) is 1. The van der Waals surface area contributed by atoms with Crippen LogP contribution in [0.4, 0.5) is 13.2 Å². The largest absolute Gasteiger partial charge is 0.421 e. The predicted octanol–water partition coefficient (Wildman–Crippen LogP) is 2.20. The van der Waals surface area contributed by atoms with Crippen LogP contribution < -0.4 is 5.56 Å². The summed E-state index contributed by atoms with van der Waals surface area (Å²) in [5.74, 6) is 0. The van der Waals surface area contributed by atoms with E-state index in [1.807, 2.05) is 0 Å². The number of halogens is 3. The third kappa shape index (κ3) is 1.97. The summed E-state index contributed by atoms with van der Waals surface area (Å²) >= 11 is 0. The van der Waals surface area contributed by atoms with E-state index in [0.717, 1.165) is 10.6 Å². The fourth-order valence-electron chi connectivity index (χ4n) is 1.22. The Morgan fingerprint density at radius 2 is 2.00 bits per heavy atom. The van der Waals surface area contributed by atoms with Gasteiger partial charge in [0.1, 0.15) is 5.56 Å². The van der Waals surface area contributed by atoms with Gasteiger partial charge in [0.15, 0.2) is 0 Å². The zero-order valence-electron chi connectivity index (χ0n) is 7.85. The molecule has 0 aliphatic rings. The Hall–Kier alpha value is -1.26. The van der Waals surface area contributed by atoms with Gasteiger partial charge in [-0.25, -0.2) is 0 Å². The first-order valence-electron chi connectivity index (χ1n) is 4.14. The van der Waals surface area contributed by atoms with E-state index in [-0.39, 0.29) is 6.54 Å². The van der Waals surface area contributed by atoms with Gasteiger partial charge in [-0.3, -0.25) is 4.79 Å². The molecule has 1 heterocycles. The summed E-state index contributed by atoms with van der Waals surface area (Å²) in [6.07, 6.45) is -3.16. The number of aromatic nitrogens is 1. The molecule has 0 spiro atoms. The second-order valence-electron chi connectivity index (χ2n) is 3.02. The zero-order chi connectivity index (χ0) is 10.9. The van der Waals surface area contributed by atoms with Gasteiger partial charge in [0.05, 0.1) is 0 Å². The smallest absolute Gasteiger partial charge is 0.315 e. The quantitative estimate of drug-likeness (QED) is 0.688. The lowest BCUT2D eigenvalue weighted by atomic mass is 10.2. The van der Waals surface area contributed by atoms with Gasteiger partial charge in [-0.1, -0.05) is 0 Å². The highest BCUT2D eigenvalue weighted by Crippen LogP contribution is 2.26. The maximum Gasteiger partial charge on any atom is 0.421 e. The monoisotopic (exact) mass is 205 g/mol. The van der Waals surface area contributed by atoms with E-state index in [0.29, 0.717) is 5.56 Å². The van der Waals surface area contributed by atoms with Crippen LogP contribution in [0.5, 0.6) is 0 Å². The minimum Gasteiger partial charge on any atom is -0.315 e. The molecule has 0 saturated carbocycles. The minimum atomic E-state index is -4.57. The Morgan fingerprint density at radius 3 is 2.43 bits per heavy atom. The average molecular weight is 205 g/mol. The summed E-state index contributed by atoms with van der Waals surface area (Å²) in [7, 11) is 0. The second-order valence-corrected chi connectivity index (χ2v) is 3.02. The van der Waals surface area contributed by atoms with Crippen molar-refractivity contribution in [3.05, 3.63) is 33.7 Å². The minimum absolute atomic E-state index is 0.240. The van der Waals surface area contributed by atoms with Gasteiger partial charge in [-0.05, 0) is 25.5 Å². The molecule has 0 aliphatic carbocycles. The summed E-state index contributed by atoms with van der Waals surface area (Å²) < 4.78 is 38.0. The Morgan fingerprint density at radius 1 is 1.43 bits per heavy atom. The molecule has 14 heavy (non-hydrogen) atoms. The van der Waals surface area contributed by atoms with Crippen LogP contribution >= 0.6 is 0 Å². The van der Waals surface area contributed by atoms with Crippen LogP contribution in [0.25, 0.3) is 0 Å². The van der Waals surface area contributed by atoms with Crippen molar-refractivity contribution >= 4 is 0 Å². The standard InChI is InChI=1S/C9H10F3NO/c1-3-13-5-6(2)4-7(8(13)14)9(10,11)12/h4-5H,3H2,1-2H3. The number of alkyl halides is 3. The molecule has 0 N–H and O–H groups in total. The molecule has 0 aliphatic heterocycles. The highest BCUT2D eigenvalue weighted by atomic mass is 19.4. The lowest BCUT2D eigenvalue weighted by Gasteiger charge is -2.10. The maximum absolute atomic E-state index is 12.3. The van der Waals surface area contributed by atoms with Crippen LogP contribution in [0.2, 0.25) is 0 Å². The van der Waals surface area contributed by atoms with Crippen molar-refractivity contribution in [2.24, 2.45) is 0 Å². The van der Waals surface area contributed by atoms with E-state index < -0.39 is 17.3 Å². The summed E-state index contributed by atoms with van der Waals surface area (Å²) in [6, 6.07) is 0.870. The van der Waals surface area contributed by atoms with Crippen molar-refractivity contribution < 1.29 is 13.2 Å². The fraction of sp³-hybridized carbons (Fsp3) is 0.444. The summed E-state index contributed by atoms with van der Waals surface area (Å²) in [4.78, 5) is 11.2. The number of pyridine rings is 1. The van der Waals surface area contributed by atoms with Gasteiger partial charge in [0.25, 0.3) is 5.56 Å². The molecule has 0 amide bonds. The van der Waals surface area contributed by atoms with Gasteiger partial charge in [-0.2, -0.15) is 13.2 Å². The number of nitrogens with zero attached hydrogens (tertiary/aromatic N) is 1. The highest BCUT2D eigenvalue weighted by Gasteiger charge is 2.34. The molecule has 0 atom stereocenters. The molecule has 5 heteroatoms. The second kappa shape index (κ2) is 3.48. The summed E-state index contributed by atoms with van der Waals surface area (Å²) in [5.41, 5.74) is -1.65. The molecule has 2 nitrogen and oxygen atoms in total. The number of aryl methyl sites for hydroxylation is 2. The van der Waals surface area contributed by atoms with Crippen molar-refractivity contribution in [1.82, 2.24) is 4.57 Å². The van der Waals surface area contributed by atoms with Crippen molar-refractivity contribution in [2.45, 2.75) is 26.6 Å². The van der Waals surface area contributed by atoms with Crippen LogP contribution in [-0.4, -0.2) is 4.57 Å². The Balaban J connectivity index is 3.45. The first-order chi connectivity index (χ1) is 6.36. The normalized spacial score (nSPS) is 11.8. The number of rotatable bonds is 1. The molecule has 1 aromatic rings. The van der Waals surface area contributed by atoms with Gasteiger partial charge in [0.2, 0.25) is 0 Å². The highest BCUT2D eigenvalue weighted by molar-refractivity contribution is 5.20. The lowest BCUT2D eigenvalue weighted by Crippen LogP contribution is -2.28. The summed E-state index contributed by atoms with van der Waals surface area (Å²) in [5, 5.41) is 0. The fourth-order valence-corrected chi connectivity index (χ4v) is 1.22. The molecule has 78 valence electrons. The molecule has 0 radical (unpaired) electrons. The van der Waals surface area contributed by atoms with Gasteiger partial charge < -0.3 is 4.57 Å². The van der Waals surface area contributed by atoms with Crippen molar-refractivity contribution in [1.29, 1.82) is 0 Å². The van der Waals surface area contributed by atoms with E-state index in [1.165, 1.54) is 13.1 Å². The molecule has 0 fully saturated rings. The van der Waals surface area contributed by atoms with E-state index in [4.69, 9.17) is 0 Å². The third-order valence-electron chi connectivity index (χ3n) is 1.87. The topological polar surface area (TPSA) is 22.0 Å². The van der Waals surface area contributed by atoms with Gasteiger partial charge in [0, 0.05) is 12.7 Å². The van der Waals surface area contributed by atoms with Gasteiger partial charge in [-0.15, -0.1) is 0 Å². The number of hydrogen-bond donors (Lipinski definition) is 0. The van der Waals surface area contributed by atoms with Crippen molar-refractivity contribution in [3.8, 4) is 0 Å². The molecule has 0 unspecified atom stereocenters. The Bertz CT molecular complexity index is 392. The van der Waals surface area contributed by atoms with Gasteiger partial charge >= 0.3 is 6.18 Å². The molecule has 0 bridgehead atoms. The molecule has 1 rings (SSSR count). The molecular weight excluding hydrogens is 195 g/mol. The van der Waals surface area contributed by atoms with E-state index in [9.17, 15) is 18.0 Å². The lowest BCUT2D eigenvalue weighted by molar-refractivity contribution is -0.139. The van der Waals surface area contributed by atoms with Crippen LogP contribution in [-0.2, 0) is 12.7 Å².